The summed E-state index contributed by atoms with van der Waals surface area (Å²) in [6.45, 7) is 3.09. The van der Waals surface area contributed by atoms with Crippen LogP contribution in [0.2, 0.25) is 0 Å². The van der Waals surface area contributed by atoms with Gasteiger partial charge in [0.2, 0.25) is 0 Å². The fourth-order valence-electron chi connectivity index (χ4n) is 3.44. The minimum absolute atomic E-state index is 0.0353. The summed E-state index contributed by atoms with van der Waals surface area (Å²) in [5.41, 5.74) is 4.53. The van der Waals surface area contributed by atoms with Crippen LogP contribution in [0.5, 0.6) is 0 Å². The fraction of sp³-hybridized carbons (Fsp3) is 0.130. The third-order valence-corrected chi connectivity index (χ3v) is 7.67. The van der Waals surface area contributed by atoms with Gasteiger partial charge in [0.25, 0.3) is 10.1 Å². The van der Waals surface area contributed by atoms with Crippen LogP contribution in [-0.2, 0) is 20.0 Å². The van der Waals surface area contributed by atoms with E-state index in [2.05, 4.69) is 11.9 Å². The van der Waals surface area contributed by atoms with Gasteiger partial charge in [-0.1, -0.05) is 36.9 Å². The van der Waals surface area contributed by atoms with Crippen LogP contribution < -0.4 is 11.1 Å². The average molecular weight is 519 g/mol. The van der Waals surface area contributed by atoms with E-state index in [9.17, 15) is 31.0 Å². The molecule has 0 aliphatic heterocycles. The van der Waals surface area contributed by atoms with Gasteiger partial charge < -0.3 is 16.2 Å². The zero-order chi connectivity index (χ0) is 26.0. The number of rotatable bonds is 6. The number of hydrogen-bond acceptors (Lipinski definition) is 9. The summed E-state index contributed by atoms with van der Waals surface area (Å²) >= 11 is 0. The molecule has 0 radical (unpaired) electrons. The van der Waals surface area contributed by atoms with Gasteiger partial charge in [-0.15, -0.1) is 0 Å². The molecule has 10 nitrogen and oxygen atoms in total. The Bertz CT molecular complexity index is 1500. The molecule has 5 N–H and O–H groups in total. The lowest BCUT2D eigenvalue weighted by atomic mass is 9.91. The van der Waals surface area contributed by atoms with Crippen LogP contribution >= 0.6 is 0 Å². The molecule has 0 aromatic heterocycles. The molecule has 184 valence electrons. The molecule has 0 unspecified atom stereocenters. The Balaban J connectivity index is 2.31. The van der Waals surface area contributed by atoms with Gasteiger partial charge in [-0.2, -0.15) is 8.42 Å². The van der Waals surface area contributed by atoms with Crippen LogP contribution in [0.4, 0.5) is 17.1 Å². The normalized spacial score (nSPS) is 16.5. The number of nitrogens with one attached hydrogen (secondary N) is 1. The van der Waals surface area contributed by atoms with E-state index in [1.807, 2.05) is 0 Å². The van der Waals surface area contributed by atoms with E-state index in [0.717, 1.165) is 6.07 Å². The fourth-order valence-corrected chi connectivity index (χ4v) is 5.15. The maximum Gasteiger partial charge on any atom is 0.296 e. The standard InChI is InChI=1S/C23H22N2O8S2/c1-14-6-3-2-4-9-18(27)21-20(23(14)28)17(13-19(22(21)24)35(31,32)33)25-15-7-5-8-16(12-15)34(29,30)11-10-26/h2-8,12-13,25-26H,1,9-11,24H2,(H,31,32,33)/b4-2-,6-3-. The Morgan fingerprint density at radius 3 is 2.43 bits per heavy atom. The Morgan fingerprint density at radius 1 is 1.06 bits per heavy atom. The quantitative estimate of drug-likeness (QED) is 0.252. The van der Waals surface area contributed by atoms with Crippen LogP contribution in [0.25, 0.3) is 0 Å². The molecule has 35 heavy (non-hydrogen) atoms. The number of aliphatic hydroxyl groups is 1. The van der Waals surface area contributed by atoms with Crippen molar-refractivity contribution >= 4 is 48.6 Å². The van der Waals surface area contributed by atoms with Gasteiger partial charge in [0.05, 0.1) is 39.8 Å². The maximum atomic E-state index is 13.3. The summed E-state index contributed by atoms with van der Waals surface area (Å²) in [5, 5.41) is 11.8. The molecular weight excluding hydrogens is 496 g/mol. The summed E-state index contributed by atoms with van der Waals surface area (Å²) < 4.78 is 58.5. The molecular formula is C23H22N2O8S2. The molecule has 12 heteroatoms. The van der Waals surface area contributed by atoms with Crippen molar-refractivity contribution in [3.63, 3.8) is 0 Å². The number of nitrogen functional groups attached to an aromatic ring is 1. The van der Waals surface area contributed by atoms with E-state index < -0.39 is 60.0 Å². The van der Waals surface area contributed by atoms with Gasteiger partial charge in [-0.25, -0.2) is 8.42 Å². The minimum atomic E-state index is -4.92. The van der Waals surface area contributed by atoms with Crippen molar-refractivity contribution in [2.75, 3.05) is 23.4 Å². The molecule has 3 rings (SSSR count). The van der Waals surface area contributed by atoms with Crippen LogP contribution in [0.15, 0.2) is 76.6 Å². The van der Waals surface area contributed by atoms with Crippen molar-refractivity contribution in [2.24, 2.45) is 0 Å². The van der Waals surface area contributed by atoms with Crippen LogP contribution in [0.1, 0.15) is 27.1 Å². The number of anilines is 3. The molecule has 0 saturated carbocycles. The number of carbonyl (C=O) groups is 2. The number of sulfone groups is 1. The van der Waals surface area contributed by atoms with E-state index in [-0.39, 0.29) is 33.8 Å². The second-order valence-corrected chi connectivity index (χ2v) is 11.0. The summed E-state index contributed by atoms with van der Waals surface area (Å²) in [4.78, 5) is 25.3. The van der Waals surface area contributed by atoms with Crippen molar-refractivity contribution in [3.05, 3.63) is 77.9 Å². The van der Waals surface area contributed by atoms with Gasteiger partial charge in [-0.05, 0) is 24.3 Å². The monoisotopic (exact) mass is 518 g/mol. The molecule has 0 atom stereocenters. The minimum Gasteiger partial charge on any atom is -0.397 e. The van der Waals surface area contributed by atoms with Gasteiger partial charge in [0, 0.05) is 17.7 Å². The predicted molar refractivity (Wildman–Crippen MR) is 130 cm³/mol. The van der Waals surface area contributed by atoms with Gasteiger partial charge in [0.15, 0.2) is 21.4 Å². The molecule has 0 fully saturated rings. The van der Waals surface area contributed by atoms with Gasteiger partial charge >= 0.3 is 0 Å². The lowest BCUT2D eigenvalue weighted by molar-refractivity contribution is 0.0978. The topological polar surface area (TPSA) is 181 Å². The molecule has 0 heterocycles. The molecule has 0 spiro atoms. The summed E-state index contributed by atoms with van der Waals surface area (Å²) in [7, 11) is -8.75. The van der Waals surface area contributed by atoms with Crippen molar-refractivity contribution in [1.82, 2.24) is 0 Å². The number of hydrogen-bond donors (Lipinski definition) is 4. The molecule has 0 bridgehead atoms. The van der Waals surface area contributed by atoms with Crippen molar-refractivity contribution < 1.29 is 36.1 Å². The number of allylic oxidation sites excluding steroid dienone is 5. The SMILES string of the molecule is C=C1/C=C\C=C/CC(=O)c2c(N)c(S(=O)(=O)O)cc(Nc3cccc(S(=O)(=O)CCO)c3)c2C1=O. The molecule has 2 aromatic rings. The number of fused-ring (bicyclic) bond motifs is 1. The molecule has 1 aliphatic rings. The highest BCUT2D eigenvalue weighted by Gasteiger charge is 2.30. The van der Waals surface area contributed by atoms with Crippen LogP contribution in [0, 0.1) is 0 Å². The Labute approximate surface area is 202 Å². The zero-order valence-corrected chi connectivity index (χ0v) is 19.9. The molecule has 0 amide bonds. The smallest absolute Gasteiger partial charge is 0.296 e. The Morgan fingerprint density at radius 2 is 1.77 bits per heavy atom. The first-order valence-electron chi connectivity index (χ1n) is 10.1. The number of ketones is 2. The number of benzene rings is 2. The summed E-state index contributed by atoms with van der Waals surface area (Å²) in [5.74, 6) is -1.94. The maximum absolute atomic E-state index is 13.3. The number of Topliss-reactive ketones (excluding diaryl/α,β-unsaturated/α-hetero) is 2. The Kier molecular flexibility index (Phi) is 7.41. The number of carbonyl (C=O) groups excluding carboxylic acids is 2. The summed E-state index contributed by atoms with van der Waals surface area (Å²) in [6, 6.07) is 6.24. The van der Waals surface area contributed by atoms with Gasteiger partial charge in [-0.3, -0.25) is 14.1 Å². The van der Waals surface area contributed by atoms with E-state index >= 15 is 0 Å². The van der Waals surface area contributed by atoms with Crippen molar-refractivity contribution in [3.8, 4) is 0 Å². The lowest BCUT2D eigenvalue weighted by Crippen LogP contribution is -2.18. The van der Waals surface area contributed by atoms with E-state index in [1.54, 1.807) is 0 Å². The predicted octanol–water partition coefficient (Wildman–Crippen LogP) is 2.46. The number of nitrogens with two attached hydrogens (primary N) is 1. The summed E-state index contributed by atoms with van der Waals surface area (Å²) in [6.07, 6.45) is 5.69. The molecule has 2 aromatic carbocycles. The van der Waals surface area contributed by atoms with Crippen molar-refractivity contribution in [2.45, 2.75) is 16.2 Å². The molecule has 1 aliphatic carbocycles. The average Bonchev–Trinajstić information content (AvgIpc) is 2.77. The molecule has 0 saturated heterocycles. The van der Waals surface area contributed by atoms with Crippen LogP contribution in [0.3, 0.4) is 0 Å². The largest absolute Gasteiger partial charge is 0.397 e. The second kappa shape index (κ2) is 9.96. The second-order valence-electron chi connectivity index (χ2n) is 7.53. The highest BCUT2D eigenvalue weighted by molar-refractivity contribution is 7.91. The Hall–Kier alpha value is -3.58. The first-order chi connectivity index (χ1) is 16.4. The highest BCUT2D eigenvalue weighted by atomic mass is 32.2. The van der Waals surface area contributed by atoms with Gasteiger partial charge in [0.1, 0.15) is 4.90 Å². The third-order valence-electron chi connectivity index (χ3n) is 5.09. The zero-order valence-electron chi connectivity index (χ0n) is 18.3. The number of aliphatic hydroxyl groups excluding tert-OH is 1. The highest BCUT2D eigenvalue weighted by Crippen LogP contribution is 2.36. The first kappa shape index (κ1) is 26.0. The first-order valence-corrected chi connectivity index (χ1v) is 13.2. The lowest BCUT2D eigenvalue weighted by Gasteiger charge is -2.20. The van der Waals surface area contributed by atoms with Crippen LogP contribution in [-0.4, -0.2) is 50.4 Å². The van der Waals surface area contributed by atoms with E-state index in [1.165, 1.54) is 48.6 Å². The van der Waals surface area contributed by atoms with E-state index in [0.29, 0.717) is 0 Å². The third kappa shape index (κ3) is 5.57. The van der Waals surface area contributed by atoms with Crippen molar-refractivity contribution in [1.29, 1.82) is 0 Å². The van der Waals surface area contributed by atoms with E-state index in [4.69, 9.17) is 10.8 Å².